The van der Waals surface area contributed by atoms with Crippen molar-refractivity contribution >= 4 is 71.3 Å². The quantitative estimate of drug-likeness (QED) is 0.155. The highest BCUT2D eigenvalue weighted by Gasteiger charge is 2.35. The first-order valence-corrected chi connectivity index (χ1v) is 22.6. The standard InChI is InChI=1S/C63H43NO/c1-63(2)59-21-10-8-17-52(59)58-38-56-50-16-7-6-15-49(50)55-37-47(35-36-51(55)57(56)39-60(58)63)64(45-31-27-43(28-32-45)42-25-23-41(24-26-42)40-13-4-3-5-14-40)46-33-29-44(30-34-46)48-19-12-20-54-53-18-9-11-22-61(53)65-62(48)54/h3-39H,1-2H3. The van der Waals surface area contributed by atoms with E-state index < -0.39 is 0 Å². The Morgan fingerprint density at radius 1 is 0.308 bits per heavy atom. The second-order valence-electron chi connectivity index (χ2n) is 18.0. The van der Waals surface area contributed by atoms with E-state index in [1.807, 2.05) is 12.1 Å². The highest BCUT2D eigenvalue weighted by Crippen LogP contribution is 2.52. The summed E-state index contributed by atoms with van der Waals surface area (Å²) in [5.74, 6) is 0. The average molecular weight is 830 g/mol. The van der Waals surface area contributed by atoms with Crippen molar-refractivity contribution in [1.82, 2.24) is 0 Å². The number of fused-ring (bicyclic) bond motifs is 12. The number of anilines is 3. The Hall–Kier alpha value is -8.20. The van der Waals surface area contributed by atoms with Crippen molar-refractivity contribution in [2.75, 3.05) is 4.90 Å². The highest BCUT2D eigenvalue weighted by molar-refractivity contribution is 6.27. The molecule has 2 nitrogen and oxygen atoms in total. The van der Waals surface area contributed by atoms with E-state index in [-0.39, 0.29) is 5.41 Å². The molecule has 0 saturated carbocycles. The van der Waals surface area contributed by atoms with Gasteiger partial charge in [-0.2, -0.15) is 0 Å². The van der Waals surface area contributed by atoms with E-state index in [2.05, 4.69) is 231 Å². The van der Waals surface area contributed by atoms with Crippen LogP contribution in [-0.2, 0) is 5.41 Å². The Kier molecular flexibility index (Phi) is 8.29. The summed E-state index contributed by atoms with van der Waals surface area (Å²) < 4.78 is 6.48. The van der Waals surface area contributed by atoms with E-state index >= 15 is 0 Å². The lowest BCUT2D eigenvalue weighted by atomic mass is 9.81. The zero-order valence-corrected chi connectivity index (χ0v) is 36.2. The molecule has 0 aliphatic heterocycles. The van der Waals surface area contributed by atoms with Crippen LogP contribution in [0.25, 0.3) is 98.8 Å². The molecule has 1 aromatic heterocycles. The van der Waals surface area contributed by atoms with Crippen LogP contribution in [0.15, 0.2) is 229 Å². The van der Waals surface area contributed by atoms with Crippen molar-refractivity contribution in [2.24, 2.45) is 0 Å². The van der Waals surface area contributed by atoms with Gasteiger partial charge in [-0.25, -0.2) is 0 Å². The molecule has 1 aliphatic rings. The van der Waals surface area contributed by atoms with Crippen LogP contribution in [0.3, 0.4) is 0 Å². The lowest BCUT2D eigenvalue weighted by Crippen LogP contribution is -2.14. The van der Waals surface area contributed by atoms with E-state index in [0.29, 0.717) is 0 Å². The van der Waals surface area contributed by atoms with Crippen molar-refractivity contribution < 1.29 is 4.42 Å². The number of nitrogens with zero attached hydrogens (tertiary/aromatic N) is 1. The monoisotopic (exact) mass is 829 g/mol. The van der Waals surface area contributed by atoms with Gasteiger partial charge in [0, 0.05) is 38.8 Å². The molecule has 0 fully saturated rings. The summed E-state index contributed by atoms with van der Waals surface area (Å²) in [5, 5.41) is 9.90. The van der Waals surface area contributed by atoms with Crippen LogP contribution in [0.1, 0.15) is 25.0 Å². The van der Waals surface area contributed by atoms with Gasteiger partial charge in [-0.05, 0) is 137 Å². The Morgan fingerprint density at radius 2 is 0.800 bits per heavy atom. The van der Waals surface area contributed by atoms with E-state index in [9.17, 15) is 0 Å². The summed E-state index contributed by atoms with van der Waals surface area (Å²) in [6.45, 7) is 4.74. The van der Waals surface area contributed by atoms with Gasteiger partial charge in [0.1, 0.15) is 11.2 Å². The minimum atomic E-state index is -0.0903. The summed E-state index contributed by atoms with van der Waals surface area (Å²) >= 11 is 0. The molecule has 13 rings (SSSR count). The average Bonchev–Trinajstić information content (AvgIpc) is 3.86. The molecular formula is C63H43NO. The van der Waals surface area contributed by atoms with Gasteiger partial charge in [-0.3, -0.25) is 0 Å². The first-order valence-electron chi connectivity index (χ1n) is 22.6. The topological polar surface area (TPSA) is 16.4 Å². The second-order valence-corrected chi connectivity index (χ2v) is 18.0. The Balaban J connectivity index is 0.960. The summed E-state index contributed by atoms with van der Waals surface area (Å²) in [5.41, 5.74) is 17.5. The SMILES string of the molecule is CC1(C)c2ccccc2-c2cc3c4ccccc4c4cc(N(c5ccc(-c6ccc(-c7ccccc7)cc6)cc5)c5ccc(-c6cccc7c6oc6ccccc67)cc5)ccc4c3cc21. The predicted molar refractivity (Wildman–Crippen MR) is 275 cm³/mol. The third kappa shape index (κ3) is 5.88. The van der Waals surface area contributed by atoms with Gasteiger partial charge in [0.15, 0.2) is 0 Å². The highest BCUT2D eigenvalue weighted by atomic mass is 16.3. The van der Waals surface area contributed by atoms with Gasteiger partial charge in [0.2, 0.25) is 0 Å². The molecule has 0 saturated heterocycles. The predicted octanol–water partition coefficient (Wildman–Crippen LogP) is 17.8. The minimum Gasteiger partial charge on any atom is -0.455 e. The summed E-state index contributed by atoms with van der Waals surface area (Å²) in [6.07, 6.45) is 0. The van der Waals surface area contributed by atoms with Crippen LogP contribution in [-0.4, -0.2) is 0 Å². The molecule has 0 N–H and O–H groups in total. The third-order valence-corrected chi connectivity index (χ3v) is 14.1. The summed E-state index contributed by atoms with van der Waals surface area (Å²) in [4.78, 5) is 2.40. The van der Waals surface area contributed by atoms with Gasteiger partial charge in [-0.15, -0.1) is 0 Å². The van der Waals surface area contributed by atoms with Gasteiger partial charge in [-0.1, -0.05) is 184 Å². The molecule has 0 radical (unpaired) electrons. The maximum atomic E-state index is 6.48. The number of hydrogen-bond donors (Lipinski definition) is 0. The first kappa shape index (κ1) is 37.4. The smallest absolute Gasteiger partial charge is 0.143 e. The lowest BCUT2D eigenvalue weighted by molar-refractivity contribution is 0.661. The number of rotatable bonds is 6. The van der Waals surface area contributed by atoms with E-state index in [1.165, 1.54) is 76.8 Å². The van der Waals surface area contributed by atoms with Crippen LogP contribution < -0.4 is 4.90 Å². The Bertz CT molecular complexity index is 3820. The van der Waals surface area contributed by atoms with E-state index in [1.54, 1.807) is 0 Å². The van der Waals surface area contributed by atoms with Gasteiger partial charge >= 0.3 is 0 Å². The van der Waals surface area contributed by atoms with Crippen LogP contribution in [0.5, 0.6) is 0 Å². The maximum Gasteiger partial charge on any atom is 0.143 e. The molecule has 306 valence electrons. The largest absolute Gasteiger partial charge is 0.455 e. The lowest BCUT2D eigenvalue weighted by Gasteiger charge is -2.27. The first-order chi connectivity index (χ1) is 32.0. The van der Waals surface area contributed by atoms with E-state index in [0.717, 1.165) is 50.1 Å². The fraction of sp³-hybridized carbons (Fsp3) is 0.0476. The molecule has 1 aliphatic carbocycles. The molecular weight excluding hydrogens is 787 g/mol. The van der Waals surface area contributed by atoms with Crippen molar-refractivity contribution in [3.05, 3.63) is 236 Å². The molecule has 0 amide bonds. The Morgan fingerprint density at radius 3 is 1.51 bits per heavy atom. The molecule has 0 unspecified atom stereocenters. The molecule has 0 spiro atoms. The molecule has 65 heavy (non-hydrogen) atoms. The zero-order valence-electron chi connectivity index (χ0n) is 36.2. The molecule has 12 aromatic rings. The maximum absolute atomic E-state index is 6.48. The van der Waals surface area contributed by atoms with Crippen LogP contribution in [0, 0.1) is 0 Å². The zero-order chi connectivity index (χ0) is 43.2. The van der Waals surface area contributed by atoms with Crippen molar-refractivity contribution in [3.63, 3.8) is 0 Å². The number of para-hydroxylation sites is 2. The minimum absolute atomic E-state index is 0.0903. The van der Waals surface area contributed by atoms with Crippen LogP contribution in [0.2, 0.25) is 0 Å². The molecule has 11 aromatic carbocycles. The summed E-state index contributed by atoms with van der Waals surface area (Å²) in [6, 6.07) is 82.1. The molecule has 0 atom stereocenters. The Labute approximate surface area is 378 Å². The number of hydrogen-bond acceptors (Lipinski definition) is 2. The van der Waals surface area contributed by atoms with Crippen molar-refractivity contribution in [3.8, 4) is 44.5 Å². The fourth-order valence-electron chi connectivity index (χ4n) is 10.8. The second kappa shape index (κ2) is 14.4. The van der Waals surface area contributed by atoms with Gasteiger partial charge in [0.25, 0.3) is 0 Å². The summed E-state index contributed by atoms with van der Waals surface area (Å²) in [7, 11) is 0. The van der Waals surface area contributed by atoms with Gasteiger partial charge in [0.05, 0.1) is 0 Å². The molecule has 2 heteroatoms. The third-order valence-electron chi connectivity index (χ3n) is 14.1. The van der Waals surface area contributed by atoms with Crippen molar-refractivity contribution in [2.45, 2.75) is 19.3 Å². The van der Waals surface area contributed by atoms with Crippen molar-refractivity contribution in [1.29, 1.82) is 0 Å². The molecule has 1 heterocycles. The fourth-order valence-corrected chi connectivity index (χ4v) is 10.8. The van der Waals surface area contributed by atoms with Crippen LogP contribution in [0.4, 0.5) is 17.1 Å². The number of furan rings is 1. The van der Waals surface area contributed by atoms with Crippen LogP contribution >= 0.6 is 0 Å². The van der Waals surface area contributed by atoms with E-state index in [4.69, 9.17) is 4.42 Å². The number of benzene rings is 11. The van der Waals surface area contributed by atoms with Gasteiger partial charge < -0.3 is 9.32 Å². The normalized spacial score (nSPS) is 12.9. The molecule has 0 bridgehead atoms.